The van der Waals surface area contributed by atoms with Crippen molar-refractivity contribution in [3.05, 3.63) is 64.7 Å². The number of halogens is 2. The van der Waals surface area contributed by atoms with Crippen LogP contribution in [0.4, 0.5) is 0 Å². The lowest BCUT2D eigenvalue weighted by Gasteiger charge is -2.35. The van der Waals surface area contributed by atoms with Crippen LogP contribution < -0.4 is 10.1 Å². The fourth-order valence-corrected chi connectivity index (χ4v) is 3.89. The number of nitrogens with one attached hydrogen (secondary N) is 1. The lowest BCUT2D eigenvalue weighted by molar-refractivity contribution is 0.0920. The number of rotatable bonds is 7. The molecule has 2 aromatic carbocycles. The highest BCUT2D eigenvalue weighted by molar-refractivity contribution is 6.31. The van der Waals surface area contributed by atoms with Gasteiger partial charge < -0.3 is 10.1 Å². The van der Waals surface area contributed by atoms with Gasteiger partial charge in [0.15, 0.2) is 0 Å². The minimum atomic E-state index is -0.117. The minimum Gasteiger partial charge on any atom is -0.493 e. The molecule has 0 saturated carbocycles. The van der Waals surface area contributed by atoms with E-state index in [-0.39, 0.29) is 24.4 Å². The number of amides is 1. The summed E-state index contributed by atoms with van der Waals surface area (Å²) < 4.78 is 5.59. The molecule has 1 heterocycles. The molecule has 0 aliphatic carbocycles. The third-order valence-electron chi connectivity index (χ3n) is 4.98. The average molecular weight is 423 g/mol. The van der Waals surface area contributed by atoms with Crippen LogP contribution in [0.3, 0.4) is 0 Å². The van der Waals surface area contributed by atoms with Crippen LogP contribution in [0.15, 0.2) is 48.5 Å². The monoisotopic (exact) mass is 422 g/mol. The van der Waals surface area contributed by atoms with E-state index in [2.05, 4.69) is 16.3 Å². The zero-order chi connectivity index (χ0) is 19.1. The van der Waals surface area contributed by atoms with Crippen molar-refractivity contribution in [3.8, 4) is 5.75 Å². The first-order chi connectivity index (χ1) is 13.2. The molecule has 3 rings (SSSR count). The Balaban J connectivity index is 0.00000280. The van der Waals surface area contributed by atoms with E-state index in [1.54, 1.807) is 6.07 Å². The molecule has 1 aliphatic rings. The third kappa shape index (κ3) is 5.63. The van der Waals surface area contributed by atoms with Crippen molar-refractivity contribution in [2.75, 3.05) is 26.2 Å². The fourth-order valence-electron chi connectivity index (χ4n) is 3.63. The molecule has 1 aliphatic heterocycles. The van der Waals surface area contributed by atoms with Gasteiger partial charge in [0.05, 0.1) is 18.2 Å². The first-order valence-electron chi connectivity index (χ1n) is 9.69. The molecule has 4 nitrogen and oxygen atoms in total. The highest BCUT2D eigenvalue weighted by Gasteiger charge is 2.25. The topological polar surface area (TPSA) is 41.6 Å². The molecule has 2 aromatic rings. The van der Waals surface area contributed by atoms with Crippen molar-refractivity contribution in [1.82, 2.24) is 10.2 Å². The average Bonchev–Trinajstić information content (AvgIpc) is 2.71. The molecule has 1 atom stereocenters. The highest BCUT2D eigenvalue weighted by atomic mass is 35.5. The van der Waals surface area contributed by atoms with Crippen LogP contribution in [0.1, 0.15) is 48.1 Å². The van der Waals surface area contributed by atoms with Crippen LogP contribution in [-0.4, -0.2) is 37.0 Å². The maximum absolute atomic E-state index is 12.8. The summed E-state index contributed by atoms with van der Waals surface area (Å²) in [7, 11) is 0. The van der Waals surface area contributed by atoms with Gasteiger partial charge in [-0.25, -0.2) is 0 Å². The number of likely N-dealkylation sites (tertiary alicyclic amines) is 1. The molecule has 0 radical (unpaired) electrons. The summed E-state index contributed by atoms with van der Waals surface area (Å²) in [4.78, 5) is 15.2. The molecule has 1 unspecified atom stereocenters. The number of nitrogens with zero attached hydrogens (tertiary/aromatic N) is 1. The van der Waals surface area contributed by atoms with E-state index in [0.717, 1.165) is 23.7 Å². The predicted octanol–water partition coefficient (Wildman–Crippen LogP) is 5.12. The van der Waals surface area contributed by atoms with Gasteiger partial charge in [-0.15, -0.1) is 12.4 Å². The van der Waals surface area contributed by atoms with E-state index in [1.165, 1.54) is 19.3 Å². The first-order valence-corrected chi connectivity index (χ1v) is 10.1. The molecule has 0 aromatic heterocycles. The van der Waals surface area contributed by atoms with Crippen molar-refractivity contribution >= 4 is 29.9 Å². The first kappa shape index (κ1) is 22.5. The van der Waals surface area contributed by atoms with E-state index in [0.29, 0.717) is 24.5 Å². The number of carbonyl (C=O) groups is 1. The largest absolute Gasteiger partial charge is 0.493 e. The summed E-state index contributed by atoms with van der Waals surface area (Å²) in [6.45, 7) is 5.02. The molecule has 1 fully saturated rings. The van der Waals surface area contributed by atoms with Gasteiger partial charge in [0.2, 0.25) is 0 Å². The summed E-state index contributed by atoms with van der Waals surface area (Å²) in [6.07, 6.45) is 3.63. The second kappa shape index (κ2) is 11.3. The second-order valence-electron chi connectivity index (χ2n) is 6.77. The summed E-state index contributed by atoms with van der Waals surface area (Å²) >= 11 is 6.48. The van der Waals surface area contributed by atoms with Gasteiger partial charge in [-0.05, 0) is 56.6 Å². The smallest absolute Gasteiger partial charge is 0.255 e. The Hall–Kier alpha value is -1.75. The summed E-state index contributed by atoms with van der Waals surface area (Å²) in [5, 5.41) is 3.85. The van der Waals surface area contributed by atoms with Crippen molar-refractivity contribution in [2.24, 2.45) is 0 Å². The quantitative estimate of drug-likeness (QED) is 0.672. The number of piperidine rings is 1. The molecule has 1 N–H and O–H groups in total. The Labute approximate surface area is 178 Å². The molecule has 28 heavy (non-hydrogen) atoms. The summed E-state index contributed by atoms with van der Waals surface area (Å²) in [5.74, 6) is 0.498. The predicted molar refractivity (Wildman–Crippen MR) is 117 cm³/mol. The zero-order valence-electron chi connectivity index (χ0n) is 16.2. The van der Waals surface area contributed by atoms with E-state index < -0.39 is 0 Å². The molecular weight excluding hydrogens is 395 g/mol. The maximum Gasteiger partial charge on any atom is 0.255 e. The van der Waals surface area contributed by atoms with Crippen molar-refractivity contribution in [2.45, 2.75) is 32.2 Å². The van der Waals surface area contributed by atoms with Crippen LogP contribution in [-0.2, 0) is 0 Å². The number of benzene rings is 2. The Morgan fingerprint density at radius 2 is 1.79 bits per heavy atom. The molecule has 6 heteroatoms. The van der Waals surface area contributed by atoms with Gasteiger partial charge in [0.25, 0.3) is 5.91 Å². The number of ether oxygens (including phenoxy) is 1. The minimum absolute atomic E-state index is 0. The zero-order valence-corrected chi connectivity index (χ0v) is 17.8. The standard InChI is InChI=1S/C22H27ClN2O2.ClH/c1-2-27-21-13-7-5-11-18(21)22(26)24-16-20(25-14-8-3-9-15-25)17-10-4-6-12-19(17)23;/h4-7,10-13,20H,2-3,8-9,14-16H2,1H3,(H,24,26);1H. The maximum atomic E-state index is 12.8. The van der Waals surface area contributed by atoms with E-state index >= 15 is 0 Å². The highest BCUT2D eigenvalue weighted by Crippen LogP contribution is 2.29. The summed E-state index contributed by atoms with van der Waals surface area (Å²) in [6, 6.07) is 15.3. The third-order valence-corrected chi connectivity index (χ3v) is 5.33. The number of hydrogen-bond acceptors (Lipinski definition) is 3. The van der Waals surface area contributed by atoms with Crippen molar-refractivity contribution in [3.63, 3.8) is 0 Å². The number of para-hydroxylation sites is 1. The van der Waals surface area contributed by atoms with E-state index in [4.69, 9.17) is 16.3 Å². The Morgan fingerprint density at radius 1 is 1.11 bits per heavy atom. The van der Waals surface area contributed by atoms with Crippen LogP contribution in [0, 0.1) is 0 Å². The SMILES string of the molecule is CCOc1ccccc1C(=O)NCC(c1ccccc1Cl)N1CCCCC1.Cl. The van der Waals surface area contributed by atoms with Crippen LogP contribution in [0.2, 0.25) is 5.02 Å². The van der Waals surface area contributed by atoms with E-state index in [9.17, 15) is 4.79 Å². The van der Waals surface area contributed by atoms with Gasteiger partial charge in [-0.1, -0.05) is 48.4 Å². The lowest BCUT2D eigenvalue weighted by Crippen LogP contribution is -2.40. The Morgan fingerprint density at radius 3 is 2.50 bits per heavy atom. The molecular formula is C22H28Cl2N2O2. The van der Waals surface area contributed by atoms with Crippen LogP contribution in [0.25, 0.3) is 0 Å². The lowest BCUT2D eigenvalue weighted by atomic mass is 10.0. The van der Waals surface area contributed by atoms with Gasteiger partial charge in [0.1, 0.15) is 5.75 Å². The van der Waals surface area contributed by atoms with Gasteiger partial charge >= 0.3 is 0 Å². The molecule has 1 saturated heterocycles. The van der Waals surface area contributed by atoms with Gasteiger partial charge in [-0.3, -0.25) is 9.69 Å². The Kier molecular flexibility index (Phi) is 9.10. The van der Waals surface area contributed by atoms with E-state index in [1.807, 2.05) is 43.3 Å². The molecule has 0 spiro atoms. The molecule has 152 valence electrons. The fraction of sp³-hybridized carbons (Fsp3) is 0.409. The van der Waals surface area contributed by atoms with Crippen molar-refractivity contribution in [1.29, 1.82) is 0 Å². The second-order valence-corrected chi connectivity index (χ2v) is 7.18. The van der Waals surface area contributed by atoms with Gasteiger partial charge in [0, 0.05) is 11.6 Å². The number of hydrogen-bond donors (Lipinski definition) is 1. The molecule has 0 bridgehead atoms. The Bertz CT molecular complexity index is 764. The molecule has 1 amide bonds. The van der Waals surface area contributed by atoms with Gasteiger partial charge in [-0.2, -0.15) is 0 Å². The normalized spacial score (nSPS) is 15.4. The van der Waals surface area contributed by atoms with Crippen LogP contribution >= 0.6 is 24.0 Å². The summed E-state index contributed by atoms with van der Waals surface area (Å²) in [5.41, 5.74) is 1.63. The number of carbonyl (C=O) groups excluding carboxylic acids is 1. The van der Waals surface area contributed by atoms with Crippen molar-refractivity contribution < 1.29 is 9.53 Å². The van der Waals surface area contributed by atoms with Crippen LogP contribution in [0.5, 0.6) is 5.75 Å².